The summed E-state index contributed by atoms with van der Waals surface area (Å²) in [6.45, 7) is 3.59. The number of rotatable bonds is 3. The van der Waals surface area contributed by atoms with Crippen molar-refractivity contribution in [3.05, 3.63) is 29.3 Å². The minimum absolute atomic E-state index is 0.412. The zero-order valence-corrected chi connectivity index (χ0v) is 13.0. The lowest BCUT2D eigenvalue weighted by atomic mass is 10.0. The molecular weight excluding hydrogens is 290 g/mol. The third-order valence-corrected chi connectivity index (χ3v) is 4.96. The van der Waals surface area contributed by atoms with Gasteiger partial charge in [0.15, 0.2) is 0 Å². The molecule has 0 spiro atoms. The Kier molecular flexibility index (Phi) is 4.52. The number of anilines is 1. The highest BCUT2D eigenvalue weighted by Gasteiger charge is 2.25. The van der Waals surface area contributed by atoms with Crippen molar-refractivity contribution < 1.29 is 13.5 Å². The fourth-order valence-electron chi connectivity index (χ4n) is 2.50. The molecule has 1 atom stereocenters. The Morgan fingerprint density at radius 2 is 1.90 bits per heavy atom. The minimum Gasteiger partial charge on any atom is -0.389 e. The van der Waals surface area contributed by atoms with Crippen LogP contribution in [-0.2, 0) is 10.0 Å². The van der Waals surface area contributed by atoms with Crippen LogP contribution in [0.2, 0.25) is 0 Å². The third-order valence-electron chi connectivity index (χ3n) is 3.66. The second kappa shape index (κ2) is 6.02. The molecule has 1 fully saturated rings. The lowest BCUT2D eigenvalue weighted by Crippen LogP contribution is -2.48. The molecule has 6 nitrogen and oxygen atoms in total. The van der Waals surface area contributed by atoms with Crippen LogP contribution in [0.4, 0.5) is 5.69 Å². The highest BCUT2D eigenvalue weighted by atomic mass is 32.2. The number of aliphatic hydroxyl groups is 1. The molecule has 1 aromatic rings. The summed E-state index contributed by atoms with van der Waals surface area (Å²) in [7, 11) is -3.17. The van der Waals surface area contributed by atoms with Gasteiger partial charge in [-0.05, 0) is 19.1 Å². The van der Waals surface area contributed by atoms with Crippen LogP contribution < -0.4 is 4.90 Å². The summed E-state index contributed by atoms with van der Waals surface area (Å²) in [6, 6.07) is 7.27. The number of hydrogen-bond acceptors (Lipinski definition) is 5. The smallest absolute Gasteiger partial charge is 0.211 e. The van der Waals surface area contributed by atoms with Gasteiger partial charge in [0.25, 0.3) is 0 Å². The van der Waals surface area contributed by atoms with Gasteiger partial charge in [-0.3, -0.25) is 0 Å². The number of hydrogen-bond donors (Lipinski definition) is 1. The van der Waals surface area contributed by atoms with Crippen molar-refractivity contribution in [2.24, 2.45) is 0 Å². The summed E-state index contributed by atoms with van der Waals surface area (Å²) in [4.78, 5) is 2.02. The molecule has 1 N–H and O–H groups in total. The first kappa shape index (κ1) is 15.8. The summed E-state index contributed by atoms with van der Waals surface area (Å²) in [5.74, 6) is 0. The highest BCUT2D eigenvalue weighted by molar-refractivity contribution is 7.88. The predicted molar refractivity (Wildman–Crippen MR) is 80.4 cm³/mol. The fourth-order valence-corrected chi connectivity index (χ4v) is 3.33. The van der Waals surface area contributed by atoms with E-state index in [1.807, 2.05) is 4.90 Å². The van der Waals surface area contributed by atoms with Crippen molar-refractivity contribution in [1.82, 2.24) is 4.31 Å². The number of sulfonamides is 1. The standard InChI is InChI=1S/C14H19N3O3S/c1-11(18)13-4-3-12(10-15)9-14(13)16-5-7-17(8-6-16)21(2,19)20/h3-4,9,11,18H,5-8H2,1-2H3. The van der Waals surface area contributed by atoms with Gasteiger partial charge >= 0.3 is 0 Å². The van der Waals surface area contributed by atoms with Gasteiger partial charge in [-0.15, -0.1) is 0 Å². The Labute approximate surface area is 125 Å². The van der Waals surface area contributed by atoms with Crippen LogP contribution in [0.15, 0.2) is 18.2 Å². The zero-order chi connectivity index (χ0) is 15.6. The number of nitrogens with zero attached hydrogens (tertiary/aromatic N) is 3. The number of nitriles is 1. The predicted octanol–water partition coefficient (Wildman–Crippen LogP) is 0.693. The van der Waals surface area contributed by atoms with Gasteiger partial charge in [-0.1, -0.05) is 6.07 Å². The van der Waals surface area contributed by atoms with E-state index in [2.05, 4.69) is 6.07 Å². The van der Waals surface area contributed by atoms with Gasteiger partial charge in [0.2, 0.25) is 10.0 Å². The molecule has 1 heterocycles. The van der Waals surface area contributed by atoms with Crippen LogP contribution in [0.1, 0.15) is 24.2 Å². The van der Waals surface area contributed by atoms with Crippen molar-refractivity contribution in [2.45, 2.75) is 13.0 Å². The summed E-state index contributed by atoms with van der Waals surface area (Å²) >= 11 is 0. The molecule has 1 saturated heterocycles. The molecule has 2 rings (SSSR count). The number of piperazine rings is 1. The molecule has 0 aromatic heterocycles. The van der Waals surface area contributed by atoms with E-state index in [1.54, 1.807) is 25.1 Å². The van der Waals surface area contributed by atoms with E-state index in [1.165, 1.54) is 10.6 Å². The first-order chi connectivity index (χ1) is 9.82. The van der Waals surface area contributed by atoms with E-state index in [-0.39, 0.29) is 0 Å². The Balaban J connectivity index is 2.25. The average molecular weight is 309 g/mol. The highest BCUT2D eigenvalue weighted by Crippen LogP contribution is 2.28. The van der Waals surface area contributed by atoms with Crippen molar-refractivity contribution in [1.29, 1.82) is 5.26 Å². The van der Waals surface area contributed by atoms with Crippen LogP contribution in [0.3, 0.4) is 0 Å². The molecule has 1 aliphatic heterocycles. The van der Waals surface area contributed by atoms with Crippen LogP contribution >= 0.6 is 0 Å². The van der Waals surface area contributed by atoms with Crippen molar-refractivity contribution >= 4 is 15.7 Å². The van der Waals surface area contributed by atoms with Crippen LogP contribution in [0.5, 0.6) is 0 Å². The van der Waals surface area contributed by atoms with Gasteiger partial charge in [-0.2, -0.15) is 9.57 Å². The molecule has 1 aromatic carbocycles. The van der Waals surface area contributed by atoms with E-state index in [4.69, 9.17) is 5.26 Å². The van der Waals surface area contributed by atoms with E-state index < -0.39 is 16.1 Å². The fraction of sp³-hybridized carbons (Fsp3) is 0.500. The van der Waals surface area contributed by atoms with E-state index in [0.717, 1.165) is 11.3 Å². The second-order valence-corrected chi connectivity index (χ2v) is 7.19. The molecule has 114 valence electrons. The number of aliphatic hydroxyl groups excluding tert-OH is 1. The van der Waals surface area contributed by atoms with Gasteiger partial charge in [0.1, 0.15) is 0 Å². The summed E-state index contributed by atoms with van der Waals surface area (Å²) in [5.41, 5.74) is 2.08. The third kappa shape index (κ3) is 3.53. The maximum absolute atomic E-state index is 11.5. The zero-order valence-electron chi connectivity index (χ0n) is 12.2. The Morgan fingerprint density at radius 1 is 1.29 bits per heavy atom. The van der Waals surface area contributed by atoms with E-state index >= 15 is 0 Å². The lowest BCUT2D eigenvalue weighted by Gasteiger charge is -2.36. The topological polar surface area (TPSA) is 84.6 Å². The first-order valence-corrected chi connectivity index (χ1v) is 8.60. The summed E-state index contributed by atoms with van der Waals surface area (Å²) < 4.78 is 24.5. The van der Waals surface area contributed by atoms with E-state index in [9.17, 15) is 13.5 Å². The average Bonchev–Trinajstić information content (AvgIpc) is 2.45. The lowest BCUT2D eigenvalue weighted by molar-refractivity contribution is 0.199. The molecule has 0 bridgehead atoms. The molecule has 7 heteroatoms. The van der Waals surface area contributed by atoms with Crippen molar-refractivity contribution in [3.8, 4) is 6.07 Å². The van der Waals surface area contributed by atoms with Gasteiger partial charge < -0.3 is 10.0 Å². The molecule has 0 saturated carbocycles. The van der Waals surface area contributed by atoms with Gasteiger partial charge in [0.05, 0.1) is 24.0 Å². The number of benzene rings is 1. The SMILES string of the molecule is CC(O)c1ccc(C#N)cc1N1CCN(S(C)(=O)=O)CC1. The van der Waals surface area contributed by atoms with Crippen LogP contribution in [0, 0.1) is 11.3 Å². The van der Waals surface area contributed by atoms with Crippen molar-refractivity contribution in [2.75, 3.05) is 37.3 Å². The maximum atomic E-state index is 11.5. The van der Waals surface area contributed by atoms with Gasteiger partial charge in [0, 0.05) is 37.4 Å². The summed E-state index contributed by atoms with van der Waals surface area (Å²) in [5, 5.41) is 18.9. The monoisotopic (exact) mass is 309 g/mol. The van der Waals surface area contributed by atoms with Gasteiger partial charge in [-0.25, -0.2) is 8.42 Å². The largest absolute Gasteiger partial charge is 0.389 e. The molecule has 21 heavy (non-hydrogen) atoms. The molecule has 1 aliphatic rings. The Morgan fingerprint density at radius 3 is 2.38 bits per heavy atom. The van der Waals surface area contributed by atoms with Crippen LogP contribution in [0.25, 0.3) is 0 Å². The second-order valence-electron chi connectivity index (χ2n) is 5.21. The Hall–Kier alpha value is -1.62. The summed E-state index contributed by atoms with van der Waals surface area (Å²) in [6.07, 6.45) is 0.570. The normalized spacial score (nSPS) is 18.3. The quantitative estimate of drug-likeness (QED) is 0.888. The van der Waals surface area contributed by atoms with E-state index in [0.29, 0.717) is 31.7 Å². The molecular formula is C14H19N3O3S. The molecule has 1 unspecified atom stereocenters. The van der Waals surface area contributed by atoms with Crippen LogP contribution in [-0.4, -0.2) is 50.3 Å². The first-order valence-electron chi connectivity index (χ1n) is 6.75. The maximum Gasteiger partial charge on any atom is 0.211 e. The minimum atomic E-state index is -3.17. The van der Waals surface area contributed by atoms with Crippen molar-refractivity contribution in [3.63, 3.8) is 0 Å². The molecule has 0 amide bonds. The Bertz CT molecular complexity index is 657. The molecule has 0 aliphatic carbocycles. The molecule has 0 radical (unpaired) electrons.